The summed E-state index contributed by atoms with van der Waals surface area (Å²) in [5, 5.41) is 1.64. The number of hydrogen-bond donors (Lipinski definition) is 0. The van der Waals surface area contributed by atoms with Crippen molar-refractivity contribution < 1.29 is 23.9 Å². The SMILES string of the molecule is CC(C)(C)OC(=O)N1CCOC(C(=O)N(Cc2ccc3c(Cl)cn(CCCC(=O)N4CCCC4)c3c2)C2CC2)C1. The van der Waals surface area contributed by atoms with E-state index < -0.39 is 17.8 Å². The van der Waals surface area contributed by atoms with Crippen molar-refractivity contribution >= 4 is 40.4 Å². The molecule has 1 saturated carbocycles. The van der Waals surface area contributed by atoms with Crippen LogP contribution in [-0.2, 0) is 32.2 Å². The summed E-state index contributed by atoms with van der Waals surface area (Å²) in [4.78, 5) is 44.2. The molecule has 218 valence electrons. The number of benzene rings is 1. The van der Waals surface area contributed by atoms with Crippen LogP contribution >= 0.6 is 11.6 Å². The molecule has 0 radical (unpaired) electrons. The number of rotatable bonds is 8. The van der Waals surface area contributed by atoms with Crippen LogP contribution < -0.4 is 0 Å². The maximum Gasteiger partial charge on any atom is 0.410 e. The number of nitrogens with zero attached hydrogens (tertiary/aromatic N) is 4. The van der Waals surface area contributed by atoms with Gasteiger partial charge in [-0.05, 0) is 64.5 Å². The van der Waals surface area contributed by atoms with E-state index in [4.69, 9.17) is 21.1 Å². The number of aromatic nitrogens is 1. The Balaban J connectivity index is 1.25. The Bertz CT molecular complexity index is 1240. The van der Waals surface area contributed by atoms with Gasteiger partial charge in [-0.25, -0.2) is 4.79 Å². The van der Waals surface area contributed by atoms with Gasteiger partial charge in [-0.15, -0.1) is 0 Å². The largest absolute Gasteiger partial charge is 0.444 e. The molecule has 9 nitrogen and oxygen atoms in total. The first-order chi connectivity index (χ1) is 19.1. The van der Waals surface area contributed by atoms with Crippen LogP contribution in [0.25, 0.3) is 10.9 Å². The fourth-order valence-electron chi connectivity index (χ4n) is 5.55. The van der Waals surface area contributed by atoms with Crippen molar-refractivity contribution in [3.63, 3.8) is 0 Å². The Labute approximate surface area is 241 Å². The molecule has 1 unspecified atom stereocenters. The summed E-state index contributed by atoms with van der Waals surface area (Å²) in [5.74, 6) is 0.138. The number of carbonyl (C=O) groups excluding carboxylic acids is 3. The monoisotopic (exact) mass is 572 g/mol. The molecule has 0 bridgehead atoms. The normalized spacial score (nSPS) is 19.8. The standard InChI is InChI=1S/C30H41ClN4O5/c1-30(2,3)40-29(38)34-15-16-39-26(20-34)28(37)35(22-9-10-22)18-21-8-11-23-24(31)19-33(25(23)17-21)14-6-7-27(36)32-12-4-5-13-32/h8,11,17,19,22,26H,4-7,9-10,12-16,18,20H2,1-3H3. The topological polar surface area (TPSA) is 84.3 Å². The zero-order chi connectivity index (χ0) is 28.4. The van der Waals surface area contributed by atoms with Gasteiger partial charge in [0.2, 0.25) is 5.91 Å². The third kappa shape index (κ3) is 6.92. The molecule has 3 amide bonds. The molecule has 2 saturated heterocycles. The molecule has 0 N–H and O–H groups in total. The highest BCUT2D eigenvalue weighted by atomic mass is 35.5. The van der Waals surface area contributed by atoms with E-state index in [-0.39, 0.29) is 24.4 Å². The number of ether oxygens (including phenoxy) is 2. The lowest BCUT2D eigenvalue weighted by molar-refractivity contribution is -0.150. The first-order valence-corrected chi connectivity index (χ1v) is 14.9. The van der Waals surface area contributed by atoms with Crippen molar-refractivity contribution in [1.29, 1.82) is 0 Å². The number of aryl methyl sites for hydroxylation is 1. The van der Waals surface area contributed by atoms with E-state index >= 15 is 0 Å². The second-order valence-electron chi connectivity index (χ2n) is 12.2. The van der Waals surface area contributed by atoms with Crippen LogP contribution in [0.15, 0.2) is 24.4 Å². The highest BCUT2D eigenvalue weighted by Gasteiger charge is 2.39. The first kappa shape index (κ1) is 28.7. The molecule has 3 heterocycles. The van der Waals surface area contributed by atoms with Gasteiger partial charge in [0, 0.05) is 62.3 Å². The van der Waals surface area contributed by atoms with Crippen LogP contribution in [0.1, 0.15) is 64.9 Å². The van der Waals surface area contributed by atoms with Gasteiger partial charge in [0.25, 0.3) is 5.91 Å². The van der Waals surface area contributed by atoms with Gasteiger partial charge in [-0.2, -0.15) is 0 Å². The van der Waals surface area contributed by atoms with Crippen LogP contribution in [0.5, 0.6) is 0 Å². The lowest BCUT2D eigenvalue weighted by Crippen LogP contribution is -2.53. The summed E-state index contributed by atoms with van der Waals surface area (Å²) in [6.07, 6.45) is 6.20. The van der Waals surface area contributed by atoms with E-state index in [0.29, 0.717) is 37.7 Å². The molecule has 2 aromatic rings. The maximum absolute atomic E-state index is 13.6. The summed E-state index contributed by atoms with van der Waals surface area (Å²) in [5.41, 5.74) is 1.42. The minimum absolute atomic E-state index is 0.0929. The number of fused-ring (bicyclic) bond motifs is 1. The molecule has 1 aromatic heterocycles. The number of hydrogen-bond acceptors (Lipinski definition) is 5. The van der Waals surface area contributed by atoms with Crippen molar-refractivity contribution in [2.24, 2.45) is 0 Å². The number of morpholine rings is 1. The number of halogens is 1. The molecule has 10 heteroatoms. The van der Waals surface area contributed by atoms with Gasteiger partial charge in [-0.3, -0.25) is 9.59 Å². The smallest absolute Gasteiger partial charge is 0.410 e. The van der Waals surface area contributed by atoms with Gasteiger partial charge in [0.05, 0.1) is 18.2 Å². The maximum atomic E-state index is 13.6. The molecule has 0 spiro atoms. The van der Waals surface area contributed by atoms with Crippen molar-refractivity contribution in [2.45, 2.75) is 90.1 Å². The average molecular weight is 573 g/mol. The molecule has 3 fully saturated rings. The van der Waals surface area contributed by atoms with Crippen molar-refractivity contribution in [2.75, 3.05) is 32.8 Å². The lowest BCUT2D eigenvalue weighted by atomic mass is 10.1. The predicted molar refractivity (Wildman–Crippen MR) is 153 cm³/mol. The fraction of sp³-hybridized carbons (Fsp3) is 0.633. The van der Waals surface area contributed by atoms with Crippen LogP contribution in [0, 0.1) is 0 Å². The molecule has 1 atom stereocenters. The first-order valence-electron chi connectivity index (χ1n) is 14.5. The molecule has 5 rings (SSSR count). The van der Waals surface area contributed by atoms with Crippen LogP contribution in [-0.4, -0.2) is 87.7 Å². The van der Waals surface area contributed by atoms with E-state index in [1.807, 2.05) is 48.9 Å². The minimum Gasteiger partial charge on any atom is -0.444 e. The molecular weight excluding hydrogens is 532 g/mol. The van der Waals surface area contributed by atoms with Crippen molar-refractivity contribution in [3.05, 3.63) is 35.0 Å². The zero-order valence-corrected chi connectivity index (χ0v) is 24.6. The van der Waals surface area contributed by atoms with Crippen LogP contribution in [0.2, 0.25) is 5.02 Å². The lowest BCUT2D eigenvalue weighted by Gasteiger charge is -2.36. The summed E-state index contributed by atoms with van der Waals surface area (Å²) in [7, 11) is 0. The van der Waals surface area contributed by atoms with Crippen LogP contribution in [0.3, 0.4) is 0 Å². The third-order valence-corrected chi connectivity index (χ3v) is 8.06. The predicted octanol–water partition coefficient (Wildman–Crippen LogP) is 4.82. The van der Waals surface area contributed by atoms with Crippen LogP contribution in [0.4, 0.5) is 4.79 Å². The van der Waals surface area contributed by atoms with Gasteiger partial charge in [0.1, 0.15) is 5.60 Å². The Kier molecular flexibility index (Phi) is 8.61. The minimum atomic E-state index is -0.711. The third-order valence-electron chi connectivity index (χ3n) is 7.76. The van der Waals surface area contributed by atoms with Gasteiger partial charge in [0.15, 0.2) is 6.10 Å². The van der Waals surface area contributed by atoms with E-state index in [1.165, 1.54) is 0 Å². The Morgan fingerprint density at radius 2 is 1.85 bits per heavy atom. The van der Waals surface area contributed by atoms with E-state index in [1.54, 1.807) is 4.90 Å². The van der Waals surface area contributed by atoms with Crippen molar-refractivity contribution in [1.82, 2.24) is 19.3 Å². The van der Waals surface area contributed by atoms with Crippen molar-refractivity contribution in [3.8, 4) is 0 Å². The molecule has 3 aliphatic rings. The molecule has 2 aliphatic heterocycles. The summed E-state index contributed by atoms with van der Waals surface area (Å²) in [6.45, 7) is 9.29. The quantitative estimate of drug-likeness (QED) is 0.453. The van der Waals surface area contributed by atoms with E-state index in [0.717, 1.165) is 61.7 Å². The van der Waals surface area contributed by atoms with Gasteiger partial charge < -0.3 is 28.7 Å². The highest BCUT2D eigenvalue weighted by Crippen LogP contribution is 2.32. The zero-order valence-electron chi connectivity index (χ0n) is 23.9. The average Bonchev–Trinajstić information content (AvgIpc) is 3.51. The molecule has 1 aliphatic carbocycles. The second kappa shape index (κ2) is 12.0. The van der Waals surface area contributed by atoms with Gasteiger partial charge in [-0.1, -0.05) is 23.7 Å². The number of likely N-dealkylation sites (tertiary alicyclic amines) is 1. The molecular formula is C30H41ClN4O5. The number of amides is 3. The van der Waals surface area contributed by atoms with E-state index in [2.05, 4.69) is 10.6 Å². The van der Waals surface area contributed by atoms with E-state index in [9.17, 15) is 14.4 Å². The Morgan fingerprint density at radius 1 is 1.10 bits per heavy atom. The number of carbonyl (C=O) groups is 3. The summed E-state index contributed by atoms with van der Waals surface area (Å²) in [6, 6.07) is 6.31. The molecule has 40 heavy (non-hydrogen) atoms. The second-order valence-corrected chi connectivity index (χ2v) is 12.6. The fourth-order valence-corrected chi connectivity index (χ4v) is 5.82. The molecule has 1 aromatic carbocycles. The Hall–Kier alpha value is -2.78. The highest BCUT2D eigenvalue weighted by molar-refractivity contribution is 6.35. The Morgan fingerprint density at radius 3 is 2.55 bits per heavy atom. The summed E-state index contributed by atoms with van der Waals surface area (Å²) >= 11 is 6.55. The summed E-state index contributed by atoms with van der Waals surface area (Å²) < 4.78 is 13.5. The van der Waals surface area contributed by atoms with Gasteiger partial charge >= 0.3 is 6.09 Å².